The van der Waals surface area contributed by atoms with Crippen LogP contribution in [0.2, 0.25) is 0 Å². The van der Waals surface area contributed by atoms with Crippen LogP contribution >= 0.6 is 0 Å². The van der Waals surface area contributed by atoms with Crippen LogP contribution in [-0.2, 0) is 26.3 Å². The number of rotatable bonds is 8. The number of nitrogens with zero attached hydrogens (tertiary/aromatic N) is 1. The Bertz CT molecular complexity index is 1050. The van der Waals surface area contributed by atoms with Gasteiger partial charge >= 0.3 is 0 Å². The molecule has 1 saturated heterocycles. The van der Waals surface area contributed by atoms with Gasteiger partial charge in [0.15, 0.2) is 0 Å². The topological polar surface area (TPSA) is 75.7 Å². The van der Waals surface area contributed by atoms with Crippen molar-refractivity contribution in [3.8, 4) is 0 Å². The van der Waals surface area contributed by atoms with Crippen LogP contribution in [0.4, 0.5) is 0 Å². The van der Waals surface area contributed by atoms with Crippen LogP contribution in [0.25, 0.3) is 0 Å². The van der Waals surface area contributed by atoms with Gasteiger partial charge in [0.1, 0.15) is 6.04 Å². The summed E-state index contributed by atoms with van der Waals surface area (Å²) in [5.41, 5.74) is 3.62. The lowest BCUT2D eigenvalue weighted by Crippen LogP contribution is -2.55. The summed E-state index contributed by atoms with van der Waals surface area (Å²) >= 11 is 0. The molecule has 5 rings (SSSR count). The van der Waals surface area contributed by atoms with E-state index in [4.69, 9.17) is 4.84 Å². The SMILES string of the molecule is C=CC(C1CCCCC1)[C@H](NOCc1ccccc1)C(=O)N1[C@@H]2C[C@H]3CC[C@]2(CS1(=O)=O)C3(C)C. The Hall–Kier alpha value is -1.70. The summed E-state index contributed by atoms with van der Waals surface area (Å²) in [5.74, 6) is 0.293. The minimum absolute atomic E-state index is 0.0757. The molecule has 0 aromatic heterocycles. The van der Waals surface area contributed by atoms with Gasteiger partial charge in [0.25, 0.3) is 5.91 Å². The second-order valence-electron chi connectivity index (χ2n) is 11.8. The second kappa shape index (κ2) is 9.31. The lowest BCUT2D eigenvalue weighted by Gasteiger charge is -2.39. The molecule has 6 nitrogen and oxygen atoms in total. The Morgan fingerprint density at radius 1 is 1.20 bits per heavy atom. The van der Waals surface area contributed by atoms with Gasteiger partial charge in [-0.05, 0) is 54.9 Å². The van der Waals surface area contributed by atoms with Crippen LogP contribution in [0.1, 0.15) is 70.8 Å². The number of fused-ring (bicyclic) bond motifs is 1. The van der Waals surface area contributed by atoms with Gasteiger partial charge in [-0.2, -0.15) is 5.48 Å². The number of carbonyl (C=O) groups is 1. The Balaban J connectivity index is 1.43. The Kier molecular flexibility index (Phi) is 6.64. The van der Waals surface area contributed by atoms with E-state index in [2.05, 4.69) is 25.9 Å². The number of hydroxylamine groups is 1. The average molecular weight is 501 g/mol. The molecule has 7 heteroatoms. The third-order valence-electron chi connectivity index (χ3n) is 10.0. The van der Waals surface area contributed by atoms with Gasteiger partial charge in [0, 0.05) is 11.3 Å². The molecule has 1 aliphatic heterocycles. The predicted molar refractivity (Wildman–Crippen MR) is 136 cm³/mol. The highest BCUT2D eigenvalue weighted by Gasteiger charge is 2.72. The van der Waals surface area contributed by atoms with Crippen LogP contribution < -0.4 is 5.48 Å². The quantitative estimate of drug-likeness (QED) is 0.409. The molecule has 4 fully saturated rings. The molecule has 1 spiro atoms. The first-order valence-corrected chi connectivity index (χ1v) is 14.9. The first-order chi connectivity index (χ1) is 16.7. The number of sulfonamides is 1. The van der Waals surface area contributed by atoms with E-state index in [1.807, 2.05) is 36.4 Å². The fraction of sp³-hybridized carbons (Fsp3) is 0.679. The first kappa shape index (κ1) is 25.0. The van der Waals surface area contributed by atoms with Crippen molar-refractivity contribution in [3.05, 3.63) is 48.6 Å². The van der Waals surface area contributed by atoms with Gasteiger partial charge in [-0.3, -0.25) is 9.63 Å². The zero-order valence-corrected chi connectivity index (χ0v) is 21.9. The highest BCUT2D eigenvalue weighted by atomic mass is 32.2. The van der Waals surface area contributed by atoms with Crippen molar-refractivity contribution in [2.45, 2.75) is 83.9 Å². The molecule has 1 aromatic carbocycles. The molecule has 192 valence electrons. The van der Waals surface area contributed by atoms with Crippen molar-refractivity contribution in [2.24, 2.45) is 28.6 Å². The Morgan fingerprint density at radius 3 is 2.57 bits per heavy atom. The third-order valence-corrected chi connectivity index (χ3v) is 12.0. The van der Waals surface area contributed by atoms with Crippen LogP contribution in [0, 0.1) is 28.6 Å². The number of carbonyl (C=O) groups excluding carboxylic acids is 1. The van der Waals surface area contributed by atoms with Crippen molar-refractivity contribution in [2.75, 3.05) is 5.75 Å². The molecule has 3 aliphatic carbocycles. The molecule has 1 amide bonds. The smallest absolute Gasteiger partial charge is 0.256 e. The number of hydrogen-bond donors (Lipinski definition) is 1. The summed E-state index contributed by atoms with van der Waals surface area (Å²) < 4.78 is 28.5. The molecule has 5 atom stereocenters. The van der Waals surface area contributed by atoms with Crippen LogP contribution in [0.15, 0.2) is 43.0 Å². The van der Waals surface area contributed by atoms with E-state index in [-0.39, 0.29) is 34.4 Å². The summed E-state index contributed by atoms with van der Waals surface area (Å²) in [4.78, 5) is 20.1. The zero-order chi connectivity index (χ0) is 24.8. The highest BCUT2D eigenvalue weighted by Crippen LogP contribution is 2.70. The fourth-order valence-corrected chi connectivity index (χ4v) is 10.5. The molecule has 1 N–H and O–H groups in total. The maximum absolute atomic E-state index is 14.2. The van der Waals surface area contributed by atoms with Gasteiger partial charge in [-0.15, -0.1) is 6.58 Å². The van der Waals surface area contributed by atoms with E-state index >= 15 is 0 Å². The standard InChI is InChI=1S/C28H40N2O4S/c1-4-23(21-13-9-6-10-14-21)25(29-34-18-20-11-7-5-8-12-20)26(31)30-24-17-22-15-16-28(24,27(22,2)3)19-35(30,32)33/h4-5,7-8,11-12,21-25,29H,1,6,9-10,13-19H2,2-3H3/t22-,23?,24-,25+,28-/m1/s1. The van der Waals surface area contributed by atoms with Crippen LogP contribution in [-0.4, -0.2) is 36.5 Å². The summed E-state index contributed by atoms with van der Waals surface area (Å²) in [5, 5.41) is 0. The van der Waals surface area contributed by atoms with E-state index in [1.165, 1.54) is 10.7 Å². The second-order valence-corrected chi connectivity index (χ2v) is 13.7. The summed E-state index contributed by atoms with van der Waals surface area (Å²) in [6, 6.07) is 8.76. The Morgan fingerprint density at radius 2 is 1.91 bits per heavy atom. The van der Waals surface area contributed by atoms with Gasteiger partial charge < -0.3 is 0 Å². The predicted octanol–water partition coefficient (Wildman–Crippen LogP) is 4.83. The van der Waals surface area contributed by atoms with Crippen molar-refractivity contribution in [3.63, 3.8) is 0 Å². The van der Waals surface area contributed by atoms with Gasteiger partial charge in [0.2, 0.25) is 10.0 Å². The minimum Gasteiger partial charge on any atom is -0.296 e. The molecule has 35 heavy (non-hydrogen) atoms. The molecule has 1 unspecified atom stereocenters. The van der Waals surface area contributed by atoms with Gasteiger partial charge in [-0.25, -0.2) is 12.7 Å². The molecule has 4 aliphatic rings. The first-order valence-electron chi connectivity index (χ1n) is 13.3. The Labute approximate surface area is 210 Å². The lowest BCUT2D eigenvalue weighted by atomic mass is 9.69. The lowest BCUT2D eigenvalue weighted by molar-refractivity contribution is -0.139. The normalized spacial score (nSPS) is 32.8. The van der Waals surface area contributed by atoms with E-state index < -0.39 is 16.1 Å². The maximum Gasteiger partial charge on any atom is 0.256 e. The van der Waals surface area contributed by atoms with Gasteiger partial charge in [-0.1, -0.05) is 69.5 Å². The summed E-state index contributed by atoms with van der Waals surface area (Å²) in [7, 11) is -3.70. The van der Waals surface area contributed by atoms with E-state index in [0.717, 1.165) is 50.5 Å². The van der Waals surface area contributed by atoms with Crippen molar-refractivity contribution < 1.29 is 18.0 Å². The zero-order valence-electron chi connectivity index (χ0n) is 21.1. The molecular formula is C28H40N2O4S. The highest BCUT2D eigenvalue weighted by molar-refractivity contribution is 7.90. The van der Waals surface area contributed by atoms with Crippen molar-refractivity contribution in [1.29, 1.82) is 0 Å². The largest absolute Gasteiger partial charge is 0.296 e. The summed E-state index contributed by atoms with van der Waals surface area (Å²) in [6.07, 6.45) is 10.1. The fourth-order valence-electron chi connectivity index (χ4n) is 7.92. The molecule has 2 bridgehead atoms. The third kappa shape index (κ3) is 4.08. The van der Waals surface area contributed by atoms with E-state index in [9.17, 15) is 13.2 Å². The average Bonchev–Trinajstić information content (AvgIpc) is 3.32. The van der Waals surface area contributed by atoms with Crippen LogP contribution in [0.3, 0.4) is 0 Å². The minimum atomic E-state index is -3.70. The number of nitrogens with one attached hydrogen (secondary N) is 1. The molecule has 0 radical (unpaired) electrons. The molecule has 1 aromatic rings. The molecule has 3 saturated carbocycles. The molecule has 1 heterocycles. The number of amides is 1. The molecular weight excluding hydrogens is 460 g/mol. The van der Waals surface area contributed by atoms with Crippen molar-refractivity contribution in [1.82, 2.24) is 9.79 Å². The number of benzene rings is 1. The van der Waals surface area contributed by atoms with Crippen molar-refractivity contribution >= 4 is 15.9 Å². The number of hydrogen-bond acceptors (Lipinski definition) is 5. The maximum atomic E-state index is 14.2. The monoisotopic (exact) mass is 500 g/mol. The van der Waals surface area contributed by atoms with Gasteiger partial charge in [0.05, 0.1) is 18.4 Å². The van der Waals surface area contributed by atoms with E-state index in [0.29, 0.717) is 18.4 Å². The summed E-state index contributed by atoms with van der Waals surface area (Å²) in [6.45, 7) is 8.80. The van der Waals surface area contributed by atoms with Crippen LogP contribution in [0.5, 0.6) is 0 Å². The van der Waals surface area contributed by atoms with E-state index in [1.54, 1.807) is 0 Å².